The Morgan fingerprint density at radius 3 is 2.50 bits per heavy atom. The lowest BCUT2D eigenvalue weighted by molar-refractivity contribution is 0.0737. The molecule has 0 unspecified atom stereocenters. The molecule has 0 radical (unpaired) electrons. The van der Waals surface area contributed by atoms with Gasteiger partial charge in [-0.25, -0.2) is 14.6 Å². The molecule has 28 heavy (non-hydrogen) atoms. The van der Waals surface area contributed by atoms with Gasteiger partial charge in [0.15, 0.2) is 0 Å². The van der Waals surface area contributed by atoms with E-state index < -0.39 is 0 Å². The summed E-state index contributed by atoms with van der Waals surface area (Å²) in [5.41, 5.74) is 1.10. The maximum absolute atomic E-state index is 12.8. The van der Waals surface area contributed by atoms with Crippen molar-refractivity contribution in [1.82, 2.24) is 24.6 Å². The maximum atomic E-state index is 12.8. The predicted octanol–water partition coefficient (Wildman–Crippen LogP) is 1.84. The highest BCUT2D eigenvalue weighted by atomic mass is 16.2. The Morgan fingerprint density at radius 1 is 1.14 bits per heavy atom. The van der Waals surface area contributed by atoms with Crippen LogP contribution in [0.2, 0.25) is 0 Å². The van der Waals surface area contributed by atoms with E-state index in [0.717, 1.165) is 23.8 Å². The molecular weight excluding hydrogens is 356 g/mol. The van der Waals surface area contributed by atoms with Gasteiger partial charge in [-0.15, -0.1) is 0 Å². The van der Waals surface area contributed by atoms with E-state index in [0.29, 0.717) is 38.4 Å². The number of aryl methyl sites for hydroxylation is 2. The zero-order chi connectivity index (χ0) is 20.3. The molecule has 1 aliphatic rings. The van der Waals surface area contributed by atoms with Crippen molar-refractivity contribution in [3.63, 3.8) is 0 Å². The van der Waals surface area contributed by atoms with Crippen LogP contribution in [0.25, 0.3) is 0 Å². The molecule has 8 heteroatoms. The van der Waals surface area contributed by atoms with Gasteiger partial charge in [-0.1, -0.05) is 20.8 Å². The Balaban J connectivity index is 1.69. The van der Waals surface area contributed by atoms with E-state index in [1.165, 1.54) is 16.8 Å². The Labute approximate surface area is 165 Å². The van der Waals surface area contributed by atoms with Gasteiger partial charge in [0.25, 0.3) is 11.5 Å². The van der Waals surface area contributed by atoms with Gasteiger partial charge < -0.3 is 9.80 Å². The summed E-state index contributed by atoms with van der Waals surface area (Å²) in [4.78, 5) is 37.8. The zero-order valence-corrected chi connectivity index (χ0v) is 17.1. The van der Waals surface area contributed by atoms with Gasteiger partial charge in [0.05, 0.1) is 0 Å². The molecule has 3 rings (SSSR count). The number of amides is 1. The first kappa shape index (κ1) is 20.0. The minimum Gasteiger partial charge on any atom is -0.353 e. The van der Waals surface area contributed by atoms with Gasteiger partial charge in [0.1, 0.15) is 17.3 Å². The SMILES string of the molecule is CCCn1nc(C(=O)N2CCN(c3cc(C)nc(C(C)C)n3)CC2)ccc1=O. The molecule has 0 N–H and O–H groups in total. The van der Waals surface area contributed by atoms with Crippen molar-refractivity contribution in [2.24, 2.45) is 0 Å². The Morgan fingerprint density at radius 2 is 1.86 bits per heavy atom. The van der Waals surface area contributed by atoms with Gasteiger partial charge in [-0.3, -0.25) is 9.59 Å². The first-order valence-corrected chi connectivity index (χ1v) is 9.87. The van der Waals surface area contributed by atoms with Gasteiger partial charge >= 0.3 is 0 Å². The average Bonchev–Trinajstić information content (AvgIpc) is 2.69. The van der Waals surface area contributed by atoms with Crippen LogP contribution in [-0.4, -0.2) is 56.7 Å². The largest absolute Gasteiger partial charge is 0.353 e. The summed E-state index contributed by atoms with van der Waals surface area (Å²) in [6, 6.07) is 4.93. The lowest BCUT2D eigenvalue weighted by Gasteiger charge is -2.35. The number of carbonyl (C=O) groups is 1. The summed E-state index contributed by atoms with van der Waals surface area (Å²) in [5, 5.41) is 4.24. The molecule has 150 valence electrons. The molecule has 2 aromatic rings. The number of hydrogen-bond donors (Lipinski definition) is 0. The van der Waals surface area contributed by atoms with E-state index in [-0.39, 0.29) is 17.4 Å². The maximum Gasteiger partial charge on any atom is 0.274 e. The normalized spacial score (nSPS) is 14.6. The third kappa shape index (κ3) is 4.37. The second-order valence-electron chi connectivity index (χ2n) is 7.44. The van der Waals surface area contributed by atoms with Crippen molar-refractivity contribution >= 4 is 11.7 Å². The molecule has 1 saturated heterocycles. The summed E-state index contributed by atoms with van der Waals surface area (Å²) in [7, 11) is 0. The first-order valence-electron chi connectivity index (χ1n) is 9.87. The van der Waals surface area contributed by atoms with Crippen LogP contribution in [0.3, 0.4) is 0 Å². The molecule has 1 amide bonds. The topological polar surface area (TPSA) is 84.2 Å². The van der Waals surface area contributed by atoms with Crippen LogP contribution in [0.15, 0.2) is 23.0 Å². The minimum atomic E-state index is -0.177. The molecule has 2 aromatic heterocycles. The molecule has 0 aromatic carbocycles. The molecule has 1 fully saturated rings. The van der Waals surface area contributed by atoms with E-state index in [1.54, 1.807) is 4.90 Å². The molecule has 3 heterocycles. The van der Waals surface area contributed by atoms with E-state index >= 15 is 0 Å². The Kier molecular flexibility index (Phi) is 6.06. The van der Waals surface area contributed by atoms with Crippen LogP contribution < -0.4 is 10.5 Å². The summed E-state index contributed by atoms with van der Waals surface area (Å²) in [6.07, 6.45) is 0.792. The number of hydrogen-bond acceptors (Lipinski definition) is 6. The van der Waals surface area contributed by atoms with Crippen LogP contribution in [0.1, 0.15) is 55.1 Å². The highest BCUT2D eigenvalue weighted by Gasteiger charge is 2.24. The molecule has 0 spiro atoms. The van der Waals surface area contributed by atoms with Crippen molar-refractivity contribution in [3.05, 3.63) is 45.8 Å². The van der Waals surface area contributed by atoms with Crippen molar-refractivity contribution in [3.8, 4) is 0 Å². The third-order valence-corrected chi connectivity index (χ3v) is 4.79. The Hall–Kier alpha value is -2.77. The number of rotatable bonds is 5. The number of anilines is 1. The van der Waals surface area contributed by atoms with Crippen LogP contribution in [-0.2, 0) is 6.54 Å². The van der Waals surface area contributed by atoms with Gasteiger partial charge in [0.2, 0.25) is 0 Å². The first-order chi connectivity index (χ1) is 13.4. The third-order valence-electron chi connectivity index (χ3n) is 4.79. The lowest BCUT2D eigenvalue weighted by Crippen LogP contribution is -2.49. The number of aromatic nitrogens is 4. The van der Waals surface area contributed by atoms with E-state index in [1.807, 2.05) is 19.9 Å². The number of piperazine rings is 1. The van der Waals surface area contributed by atoms with Crippen LogP contribution in [0.4, 0.5) is 5.82 Å². The van der Waals surface area contributed by atoms with Crippen molar-refractivity contribution in [2.45, 2.75) is 46.6 Å². The van der Waals surface area contributed by atoms with E-state index in [4.69, 9.17) is 0 Å². The lowest BCUT2D eigenvalue weighted by atomic mass is 10.2. The summed E-state index contributed by atoms with van der Waals surface area (Å²) < 4.78 is 1.36. The van der Waals surface area contributed by atoms with Gasteiger partial charge in [-0.05, 0) is 19.4 Å². The summed E-state index contributed by atoms with van der Waals surface area (Å²) in [5.74, 6) is 1.89. The fourth-order valence-corrected chi connectivity index (χ4v) is 3.23. The second kappa shape index (κ2) is 8.50. The zero-order valence-electron chi connectivity index (χ0n) is 17.1. The highest BCUT2D eigenvalue weighted by molar-refractivity contribution is 5.92. The van der Waals surface area contributed by atoms with Crippen molar-refractivity contribution in [2.75, 3.05) is 31.1 Å². The second-order valence-corrected chi connectivity index (χ2v) is 7.44. The van der Waals surface area contributed by atoms with E-state index in [2.05, 4.69) is 33.8 Å². The van der Waals surface area contributed by atoms with Gasteiger partial charge in [-0.2, -0.15) is 5.10 Å². The molecule has 0 bridgehead atoms. The monoisotopic (exact) mass is 384 g/mol. The fraction of sp³-hybridized carbons (Fsp3) is 0.550. The van der Waals surface area contributed by atoms with Crippen LogP contribution in [0, 0.1) is 6.92 Å². The fourth-order valence-electron chi connectivity index (χ4n) is 3.23. The van der Waals surface area contributed by atoms with Crippen molar-refractivity contribution in [1.29, 1.82) is 0 Å². The predicted molar refractivity (Wildman–Crippen MR) is 108 cm³/mol. The summed E-state index contributed by atoms with van der Waals surface area (Å²) in [6.45, 7) is 11.2. The highest BCUT2D eigenvalue weighted by Crippen LogP contribution is 2.19. The number of nitrogens with zero attached hydrogens (tertiary/aromatic N) is 6. The molecule has 0 atom stereocenters. The number of carbonyl (C=O) groups excluding carboxylic acids is 1. The standard InChI is InChI=1S/C20H28N6O2/c1-5-8-26-18(27)7-6-16(23-26)20(28)25-11-9-24(10-12-25)17-13-15(4)21-19(22-17)14(2)3/h6-7,13-14H,5,8-12H2,1-4H3. The average molecular weight is 384 g/mol. The van der Waals surface area contributed by atoms with Crippen LogP contribution >= 0.6 is 0 Å². The molecule has 8 nitrogen and oxygen atoms in total. The van der Waals surface area contributed by atoms with E-state index in [9.17, 15) is 9.59 Å². The molecule has 0 saturated carbocycles. The van der Waals surface area contributed by atoms with Crippen LogP contribution in [0.5, 0.6) is 0 Å². The summed E-state index contributed by atoms with van der Waals surface area (Å²) >= 11 is 0. The molecule has 1 aliphatic heterocycles. The smallest absolute Gasteiger partial charge is 0.274 e. The Bertz CT molecular complexity index is 900. The van der Waals surface area contributed by atoms with Crippen molar-refractivity contribution < 1.29 is 4.79 Å². The quantitative estimate of drug-likeness (QED) is 0.782. The minimum absolute atomic E-state index is 0.133. The molecular formula is C20H28N6O2. The molecule has 0 aliphatic carbocycles. The van der Waals surface area contributed by atoms with Gasteiger partial charge in [0, 0.05) is 56.5 Å².